The molecular weight excluding hydrogens is 232 g/mol. The van der Waals surface area contributed by atoms with E-state index < -0.39 is 0 Å². The minimum absolute atomic E-state index is 0.376. The van der Waals surface area contributed by atoms with E-state index in [1.165, 1.54) is 27.9 Å². The van der Waals surface area contributed by atoms with Crippen molar-refractivity contribution in [2.75, 3.05) is 7.05 Å². The van der Waals surface area contributed by atoms with Gasteiger partial charge in [0.15, 0.2) is 0 Å². The lowest BCUT2D eigenvalue weighted by molar-refractivity contribution is 0.588. The molecule has 0 spiro atoms. The zero-order valence-corrected chi connectivity index (χ0v) is 12.6. The fourth-order valence-corrected chi connectivity index (χ4v) is 2.74. The first-order valence-corrected chi connectivity index (χ1v) is 6.92. The topological polar surface area (TPSA) is 17.0 Å². The highest BCUT2D eigenvalue weighted by Gasteiger charge is 2.10. The minimum atomic E-state index is 0.376. The van der Waals surface area contributed by atoms with E-state index in [0.717, 1.165) is 6.54 Å². The van der Waals surface area contributed by atoms with Crippen LogP contribution in [-0.4, -0.2) is 11.6 Å². The van der Waals surface area contributed by atoms with Gasteiger partial charge in [-0.15, -0.1) is 0 Å². The summed E-state index contributed by atoms with van der Waals surface area (Å²) in [5.41, 5.74) is 6.88. The monoisotopic (exact) mass is 256 g/mol. The molecular formula is C17H24N2. The van der Waals surface area contributed by atoms with Gasteiger partial charge < -0.3 is 9.88 Å². The number of aryl methyl sites for hydroxylation is 3. The Morgan fingerprint density at radius 2 is 1.79 bits per heavy atom. The van der Waals surface area contributed by atoms with Crippen LogP contribution in [0.3, 0.4) is 0 Å². The molecule has 1 aromatic heterocycles. The van der Waals surface area contributed by atoms with E-state index >= 15 is 0 Å². The Kier molecular flexibility index (Phi) is 4.11. The van der Waals surface area contributed by atoms with Crippen LogP contribution in [0.15, 0.2) is 30.5 Å². The number of rotatable bonds is 4. The molecule has 0 bridgehead atoms. The number of hydrogen-bond acceptors (Lipinski definition) is 1. The van der Waals surface area contributed by atoms with Crippen LogP contribution in [0, 0.1) is 20.8 Å². The molecule has 0 saturated heterocycles. The summed E-state index contributed by atoms with van der Waals surface area (Å²) in [6.45, 7) is 9.72. The molecule has 1 heterocycles. The van der Waals surface area contributed by atoms with Crippen LogP contribution in [0.1, 0.15) is 40.9 Å². The molecule has 19 heavy (non-hydrogen) atoms. The Morgan fingerprint density at radius 1 is 1.16 bits per heavy atom. The fourth-order valence-electron chi connectivity index (χ4n) is 2.74. The fraction of sp³-hybridized carbons (Fsp3) is 0.412. The second kappa shape index (κ2) is 5.62. The summed E-state index contributed by atoms with van der Waals surface area (Å²) in [6.07, 6.45) is 2.17. The van der Waals surface area contributed by atoms with Crippen molar-refractivity contribution in [3.8, 4) is 0 Å². The van der Waals surface area contributed by atoms with Gasteiger partial charge >= 0.3 is 0 Å². The summed E-state index contributed by atoms with van der Waals surface area (Å²) >= 11 is 0. The first-order valence-electron chi connectivity index (χ1n) is 6.92. The molecule has 0 aliphatic heterocycles. The van der Waals surface area contributed by atoms with Crippen molar-refractivity contribution >= 4 is 0 Å². The number of aromatic nitrogens is 1. The maximum atomic E-state index is 3.31. The van der Waals surface area contributed by atoms with Gasteiger partial charge in [-0.1, -0.05) is 17.7 Å². The Balaban J connectivity index is 2.35. The summed E-state index contributed by atoms with van der Waals surface area (Å²) in [6, 6.07) is 9.24. The smallest absolute Gasteiger partial charge is 0.0478 e. The molecule has 2 heteroatoms. The highest BCUT2D eigenvalue weighted by molar-refractivity contribution is 5.38. The van der Waals surface area contributed by atoms with E-state index in [4.69, 9.17) is 0 Å². The predicted octanol–water partition coefficient (Wildman–Crippen LogP) is 3.74. The molecule has 0 fully saturated rings. The van der Waals surface area contributed by atoms with Crippen molar-refractivity contribution in [2.24, 2.45) is 0 Å². The SMILES string of the molecule is CNC(C)c1cccn1Cc1c(C)cc(C)cc1C. The van der Waals surface area contributed by atoms with Crippen LogP contribution in [0.4, 0.5) is 0 Å². The molecule has 1 unspecified atom stereocenters. The predicted molar refractivity (Wildman–Crippen MR) is 81.7 cm³/mol. The highest BCUT2D eigenvalue weighted by Crippen LogP contribution is 2.20. The first-order chi connectivity index (χ1) is 9.02. The average Bonchev–Trinajstić information content (AvgIpc) is 2.80. The van der Waals surface area contributed by atoms with Crippen LogP contribution in [0.2, 0.25) is 0 Å². The van der Waals surface area contributed by atoms with Crippen molar-refractivity contribution in [3.05, 3.63) is 58.4 Å². The lowest BCUT2D eigenvalue weighted by Gasteiger charge is -2.18. The normalized spacial score (nSPS) is 12.7. The van der Waals surface area contributed by atoms with E-state index in [1.807, 2.05) is 7.05 Å². The third kappa shape index (κ3) is 2.90. The third-order valence-corrected chi connectivity index (χ3v) is 3.91. The van der Waals surface area contributed by atoms with Gasteiger partial charge in [-0.2, -0.15) is 0 Å². The largest absolute Gasteiger partial charge is 0.346 e. The lowest BCUT2D eigenvalue weighted by atomic mass is 9.99. The number of nitrogens with one attached hydrogen (secondary N) is 1. The van der Waals surface area contributed by atoms with Crippen molar-refractivity contribution < 1.29 is 0 Å². The standard InChI is InChI=1S/C17H24N2/c1-12-9-13(2)16(14(3)10-12)11-19-8-6-7-17(19)15(4)18-5/h6-10,15,18H,11H2,1-5H3. The van der Waals surface area contributed by atoms with Gasteiger partial charge in [-0.3, -0.25) is 0 Å². The second-order valence-electron chi connectivity index (χ2n) is 5.45. The highest BCUT2D eigenvalue weighted by atomic mass is 15.0. The Hall–Kier alpha value is -1.54. The van der Waals surface area contributed by atoms with Crippen LogP contribution in [0.25, 0.3) is 0 Å². The van der Waals surface area contributed by atoms with Gasteiger partial charge in [0.2, 0.25) is 0 Å². The summed E-state index contributed by atoms with van der Waals surface area (Å²) in [4.78, 5) is 0. The Morgan fingerprint density at radius 3 is 2.37 bits per heavy atom. The van der Waals surface area contributed by atoms with Crippen LogP contribution < -0.4 is 5.32 Å². The molecule has 1 aromatic carbocycles. The van der Waals surface area contributed by atoms with Crippen LogP contribution >= 0.6 is 0 Å². The maximum Gasteiger partial charge on any atom is 0.0478 e. The molecule has 0 saturated carbocycles. The Labute approximate surface area is 116 Å². The molecule has 0 amide bonds. The molecule has 2 rings (SSSR count). The van der Waals surface area contributed by atoms with E-state index in [0.29, 0.717) is 6.04 Å². The van der Waals surface area contributed by atoms with Crippen LogP contribution in [-0.2, 0) is 6.54 Å². The summed E-state index contributed by atoms with van der Waals surface area (Å²) < 4.78 is 2.34. The maximum absolute atomic E-state index is 3.31. The second-order valence-corrected chi connectivity index (χ2v) is 5.45. The number of nitrogens with zero attached hydrogens (tertiary/aromatic N) is 1. The van der Waals surface area contributed by atoms with Gasteiger partial charge in [-0.05, 0) is 63.6 Å². The van der Waals surface area contributed by atoms with Crippen molar-refractivity contribution in [1.29, 1.82) is 0 Å². The van der Waals surface area contributed by atoms with Gasteiger partial charge in [0.1, 0.15) is 0 Å². The molecule has 0 aliphatic rings. The summed E-state index contributed by atoms with van der Waals surface area (Å²) in [7, 11) is 2.00. The summed E-state index contributed by atoms with van der Waals surface area (Å²) in [5.74, 6) is 0. The van der Waals surface area contributed by atoms with E-state index in [-0.39, 0.29) is 0 Å². The zero-order valence-electron chi connectivity index (χ0n) is 12.6. The van der Waals surface area contributed by atoms with Gasteiger partial charge in [0.05, 0.1) is 0 Å². The average molecular weight is 256 g/mol. The third-order valence-electron chi connectivity index (χ3n) is 3.91. The molecule has 0 radical (unpaired) electrons. The number of hydrogen-bond donors (Lipinski definition) is 1. The molecule has 1 atom stereocenters. The summed E-state index contributed by atoms with van der Waals surface area (Å²) in [5, 5.41) is 3.31. The lowest BCUT2D eigenvalue weighted by Crippen LogP contribution is -2.17. The van der Waals surface area contributed by atoms with Crippen molar-refractivity contribution in [2.45, 2.75) is 40.3 Å². The zero-order chi connectivity index (χ0) is 14.0. The molecule has 1 N–H and O–H groups in total. The Bertz CT molecular complexity index is 543. The number of benzene rings is 1. The molecule has 2 aromatic rings. The molecule has 102 valence electrons. The minimum Gasteiger partial charge on any atom is -0.346 e. The van der Waals surface area contributed by atoms with Crippen molar-refractivity contribution in [1.82, 2.24) is 9.88 Å². The van der Waals surface area contributed by atoms with E-state index in [1.54, 1.807) is 0 Å². The van der Waals surface area contributed by atoms with E-state index in [9.17, 15) is 0 Å². The quantitative estimate of drug-likeness (QED) is 0.881. The molecule has 2 nitrogen and oxygen atoms in total. The van der Waals surface area contributed by atoms with Crippen molar-refractivity contribution in [3.63, 3.8) is 0 Å². The molecule has 0 aliphatic carbocycles. The van der Waals surface area contributed by atoms with Crippen LogP contribution in [0.5, 0.6) is 0 Å². The van der Waals surface area contributed by atoms with E-state index in [2.05, 4.69) is 68.0 Å². The van der Waals surface area contributed by atoms with Gasteiger partial charge in [0.25, 0.3) is 0 Å². The first kappa shape index (κ1) is 13.9. The van der Waals surface area contributed by atoms with Gasteiger partial charge in [0, 0.05) is 24.5 Å². The van der Waals surface area contributed by atoms with Gasteiger partial charge in [-0.25, -0.2) is 0 Å².